The third-order valence-electron chi connectivity index (χ3n) is 3.39. The summed E-state index contributed by atoms with van der Waals surface area (Å²) in [5.74, 6) is -0.794. The molecule has 0 aromatic heterocycles. The predicted molar refractivity (Wildman–Crippen MR) is 88.1 cm³/mol. The number of phenols is 1. The lowest BCUT2D eigenvalue weighted by atomic mass is 10.1. The highest BCUT2D eigenvalue weighted by Crippen LogP contribution is 2.34. The summed E-state index contributed by atoms with van der Waals surface area (Å²) in [6.45, 7) is 1.30. The molecule has 3 N–H and O–H groups in total. The summed E-state index contributed by atoms with van der Waals surface area (Å²) in [5, 5.41) is 25.5. The summed E-state index contributed by atoms with van der Waals surface area (Å²) in [4.78, 5) is 21.9. The number of anilines is 2. The van der Waals surface area contributed by atoms with Gasteiger partial charge in [0, 0.05) is 6.07 Å². The average Bonchev–Trinajstić information content (AvgIpc) is 2.54. The Kier molecular flexibility index (Phi) is 5.34. The van der Waals surface area contributed by atoms with Gasteiger partial charge in [0.2, 0.25) is 5.91 Å². The first-order valence-corrected chi connectivity index (χ1v) is 7.27. The summed E-state index contributed by atoms with van der Waals surface area (Å²) >= 11 is 0. The van der Waals surface area contributed by atoms with Gasteiger partial charge in [-0.3, -0.25) is 14.9 Å². The Morgan fingerprint density at radius 1 is 1.19 bits per heavy atom. The van der Waals surface area contributed by atoms with Crippen LogP contribution in [0.15, 0.2) is 36.4 Å². The Morgan fingerprint density at radius 3 is 2.42 bits per heavy atom. The Balaban J connectivity index is 2.11. The van der Waals surface area contributed by atoms with Crippen LogP contribution in [0.5, 0.6) is 5.75 Å². The van der Waals surface area contributed by atoms with Gasteiger partial charge in [-0.2, -0.15) is 13.2 Å². The van der Waals surface area contributed by atoms with Gasteiger partial charge in [0.15, 0.2) is 0 Å². The summed E-state index contributed by atoms with van der Waals surface area (Å²) < 4.78 is 38.0. The second kappa shape index (κ2) is 7.30. The minimum Gasteiger partial charge on any atom is -0.506 e. The quantitative estimate of drug-likeness (QED) is 0.424. The molecule has 2 aromatic carbocycles. The zero-order chi connectivity index (χ0) is 19.5. The standard InChI is InChI=1S/C16H14F3N3O4/c1-9-2-4-12(14(23)6-9)21-15(24)8-20-11-5-3-10(16(17,18)19)7-13(11)22(25)26/h2-7,20,23H,8H2,1H3,(H,21,24). The highest BCUT2D eigenvalue weighted by molar-refractivity contribution is 5.95. The van der Waals surface area contributed by atoms with Crippen molar-refractivity contribution >= 4 is 23.0 Å². The van der Waals surface area contributed by atoms with Gasteiger partial charge < -0.3 is 15.7 Å². The van der Waals surface area contributed by atoms with Gasteiger partial charge in [-0.05, 0) is 36.8 Å². The fourth-order valence-electron chi connectivity index (χ4n) is 2.13. The van der Waals surface area contributed by atoms with Crippen LogP contribution in [0.3, 0.4) is 0 Å². The van der Waals surface area contributed by atoms with Crippen LogP contribution in [0.4, 0.5) is 30.2 Å². The van der Waals surface area contributed by atoms with Gasteiger partial charge in [0.25, 0.3) is 5.69 Å². The molecule has 10 heteroatoms. The smallest absolute Gasteiger partial charge is 0.416 e. The molecule has 0 aliphatic rings. The number of nitro benzene ring substituents is 1. The Labute approximate surface area is 145 Å². The number of rotatable bonds is 5. The first kappa shape index (κ1) is 19.0. The van der Waals surface area contributed by atoms with E-state index in [9.17, 15) is 33.2 Å². The maximum atomic E-state index is 12.7. The van der Waals surface area contributed by atoms with Gasteiger partial charge >= 0.3 is 6.18 Å². The van der Waals surface area contributed by atoms with Crippen molar-refractivity contribution in [1.82, 2.24) is 0 Å². The van der Waals surface area contributed by atoms with Gasteiger partial charge in [-0.1, -0.05) is 6.07 Å². The normalized spacial score (nSPS) is 11.1. The van der Waals surface area contributed by atoms with Gasteiger partial charge in [0.05, 0.1) is 22.7 Å². The van der Waals surface area contributed by atoms with E-state index in [0.29, 0.717) is 12.1 Å². The summed E-state index contributed by atoms with van der Waals surface area (Å²) in [5.41, 5.74) is -1.27. The topological polar surface area (TPSA) is 104 Å². The molecule has 0 aliphatic carbocycles. The van der Waals surface area contributed by atoms with Crippen molar-refractivity contribution in [2.24, 2.45) is 0 Å². The molecular weight excluding hydrogens is 355 g/mol. The number of halogens is 3. The molecule has 138 valence electrons. The Bertz CT molecular complexity index is 853. The minimum atomic E-state index is -4.72. The maximum Gasteiger partial charge on any atom is 0.416 e. The lowest BCUT2D eigenvalue weighted by molar-refractivity contribution is -0.384. The third kappa shape index (κ3) is 4.62. The van der Waals surface area contributed by atoms with E-state index in [2.05, 4.69) is 10.6 Å². The van der Waals surface area contributed by atoms with E-state index in [1.807, 2.05) is 0 Å². The predicted octanol–water partition coefficient (Wildman–Crippen LogP) is 3.68. The van der Waals surface area contributed by atoms with Crippen molar-refractivity contribution in [3.05, 3.63) is 57.6 Å². The van der Waals surface area contributed by atoms with Crippen LogP contribution in [0.25, 0.3) is 0 Å². The van der Waals surface area contributed by atoms with Crippen LogP contribution >= 0.6 is 0 Å². The maximum absolute atomic E-state index is 12.7. The molecule has 0 saturated heterocycles. The molecule has 26 heavy (non-hydrogen) atoms. The zero-order valence-corrected chi connectivity index (χ0v) is 13.4. The van der Waals surface area contributed by atoms with Crippen LogP contribution in [0.2, 0.25) is 0 Å². The van der Waals surface area contributed by atoms with Crippen LogP contribution in [0, 0.1) is 17.0 Å². The van der Waals surface area contributed by atoms with Gasteiger partial charge in [0.1, 0.15) is 11.4 Å². The van der Waals surface area contributed by atoms with E-state index in [4.69, 9.17) is 0 Å². The van der Waals surface area contributed by atoms with Crippen molar-refractivity contribution in [3.8, 4) is 5.75 Å². The molecule has 0 spiro atoms. The number of benzene rings is 2. The van der Waals surface area contributed by atoms with Gasteiger partial charge in [-0.15, -0.1) is 0 Å². The highest BCUT2D eigenvalue weighted by atomic mass is 19.4. The summed E-state index contributed by atoms with van der Waals surface area (Å²) in [6, 6.07) is 6.53. The van der Waals surface area contributed by atoms with Crippen molar-refractivity contribution < 1.29 is 28.0 Å². The molecule has 1 amide bonds. The fraction of sp³-hybridized carbons (Fsp3) is 0.188. The number of nitro groups is 1. The second-order valence-electron chi connectivity index (χ2n) is 5.41. The lowest BCUT2D eigenvalue weighted by Crippen LogP contribution is -2.22. The Morgan fingerprint density at radius 2 is 1.85 bits per heavy atom. The molecule has 0 fully saturated rings. The molecule has 0 heterocycles. The monoisotopic (exact) mass is 369 g/mol. The second-order valence-corrected chi connectivity index (χ2v) is 5.41. The Hall–Kier alpha value is -3.30. The number of carbonyl (C=O) groups is 1. The minimum absolute atomic E-state index is 0.143. The zero-order valence-electron chi connectivity index (χ0n) is 13.4. The number of phenolic OH excluding ortho intramolecular Hbond substituents is 1. The number of carbonyl (C=O) groups excluding carboxylic acids is 1. The number of nitrogens with one attached hydrogen (secondary N) is 2. The number of amides is 1. The van der Waals surface area contributed by atoms with Crippen molar-refractivity contribution in [2.75, 3.05) is 17.2 Å². The van der Waals surface area contributed by atoms with Gasteiger partial charge in [-0.25, -0.2) is 0 Å². The van der Waals surface area contributed by atoms with E-state index < -0.39 is 34.8 Å². The molecule has 2 aromatic rings. The van der Waals surface area contributed by atoms with Crippen molar-refractivity contribution in [3.63, 3.8) is 0 Å². The first-order valence-electron chi connectivity index (χ1n) is 7.27. The number of alkyl halides is 3. The number of aryl methyl sites for hydroxylation is 1. The number of nitrogens with zero attached hydrogens (tertiary/aromatic N) is 1. The SMILES string of the molecule is Cc1ccc(NC(=O)CNc2ccc(C(F)(F)F)cc2[N+](=O)[O-])c(O)c1. The molecule has 0 saturated carbocycles. The largest absolute Gasteiger partial charge is 0.506 e. The van der Waals surface area contributed by atoms with E-state index in [0.717, 1.165) is 11.6 Å². The van der Waals surface area contributed by atoms with E-state index in [-0.39, 0.29) is 17.1 Å². The molecule has 0 atom stereocenters. The summed E-state index contributed by atoms with van der Waals surface area (Å²) in [6.07, 6.45) is -4.72. The van der Waals surface area contributed by atoms with E-state index in [1.165, 1.54) is 12.1 Å². The van der Waals surface area contributed by atoms with E-state index in [1.54, 1.807) is 13.0 Å². The third-order valence-corrected chi connectivity index (χ3v) is 3.39. The lowest BCUT2D eigenvalue weighted by Gasteiger charge is -2.11. The number of hydrogen-bond donors (Lipinski definition) is 3. The first-order chi connectivity index (χ1) is 12.1. The van der Waals surface area contributed by atoms with Crippen LogP contribution in [0.1, 0.15) is 11.1 Å². The molecule has 0 bridgehead atoms. The molecule has 2 rings (SSSR count). The average molecular weight is 369 g/mol. The summed E-state index contributed by atoms with van der Waals surface area (Å²) in [7, 11) is 0. The molecule has 0 radical (unpaired) electrons. The number of hydrogen-bond acceptors (Lipinski definition) is 5. The van der Waals surface area contributed by atoms with Crippen LogP contribution < -0.4 is 10.6 Å². The number of aromatic hydroxyl groups is 1. The molecule has 7 nitrogen and oxygen atoms in total. The van der Waals surface area contributed by atoms with E-state index >= 15 is 0 Å². The van der Waals surface area contributed by atoms with Crippen LogP contribution in [-0.2, 0) is 11.0 Å². The van der Waals surface area contributed by atoms with Crippen LogP contribution in [-0.4, -0.2) is 22.5 Å². The fourth-order valence-corrected chi connectivity index (χ4v) is 2.13. The molecule has 0 unspecified atom stereocenters. The molecule has 0 aliphatic heterocycles. The highest BCUT2D eigenvalue weighted by Gasteiger charge is 2.33. The molecular formula is C16H14F3N3O4. The van der Waals surface area contributed by atoms with Crippen molar-refractivity contribution in [2.45, 2.75) is 13.1 Å². The van der Waals surface area contributed by atoms with Crippen molar-refractivity contribution in [1.29, 1.82) is 0 Å².